The van der Waals surface area contributed by atoms with Crippen molar-refractivity contribution in [3.63, 3.8) is 0 Å². The minimum Gasteiger partial charge on any atom is -0.385 e. The molecule has 1 N–H and O–H groups in total. The summed E-state index contributed by atoms with van der Waals surface area (Å²) in [7, 11) is 1.75. The molecular formula is C19H17ClN6O3. The number of fused-ring (bicyclic) bond motifs is 1. The summed E-state index contributed by atoms with van der Waals surface area (Å²) >= 11 is 5.98. The predicted octanol–water partition coefficient (Wildman–Crippen LogP) is 1.95. The molecule has 2 aromatic carbocycles. The Morgan fingerprint density at radius 2 is 1.97 bits per heavy atom. The second kappa shape index (κ2) is 7.44. The molecule has 9 nitrogen and oxygen atoms in total. The second-order valence-corrected chi connectivity index (χ2v) is 6.79. The molecular weight excluding hydrogens is 396 g/mol. The number of nitrogens with one attached hydrogen (secondary N) is 1. The summed E-state index contributed by atoms with van der Waals surface area (Å²) in [5.41, 5.74) is 2.29. The zero-order valence-electron chi connectivity index (χ0n) is 15.7. The molecule has 0 saturated carbocycles. The Labute approximate surface area is 170 Å². The molecule has 0 atom stereocenters. The van der Waals surface area contributed by atoms with E-state index in [1.54, 1.807) is 36.9 Å². The lowest BCUT2D eigenvalue weighted by molar-refractivity contribution is -0.121. The van der Waals surface area contributed by atoms with Crippen molar-refractivity contribution in [2.75, 3.05) is 11.9 Å². The summed E-state index contributed by atoms with van der Waals surface area (Å²) in [6, 6.07) is 14.2. The second-order valence-electron chi connectivity index (χ2n) is 6.35. The fourth-order valence-corrected chi connectivity index (χ4v) is 3.14. The number of nitrogens with zero attached hydrogens (tertiary/aromatic N) is 5. The van der Waals surface area contributed by atoms with Crippen molar-refractivity contribution in [1.82, 2.24) is 24.5 Å². The first kappa shape index (κ1) is 18.8. The highest BCUT2D eigenvalue weighted by Gasteiger charge is 2.18. The lowest BCUT2D eigenvalue weighted by Crippen LogP contribution is -2.28. The Hall–Kier alpha value is -3.59. The molecule has 4 rings (SSSR count). The highest BCUT2D eigenvalue weighted by atomic mass is 35.5. The van der Waals surface area contributed by atoms with E-state index < -0.39 is 5.91 Å². The lowest BCUT2D eigenvalue weighted by atomic mass is 10.3. The molecule has 2 aromatic heterocycles. The molecule has 0 aliphatic rings. The van der Waals surface area contributed by atoms with Gasteiger partial charge in [0.1, 0.15) is 16.7 Å². The van der Waals surface area contributed by atoms with Crippen LogP contribution in [0.4, 0.5) is 5.69 Å². The fourth-order valence-electron chi connectivity index (χ4n) is 2.97. The Kier molecular flexibility index (Phi) is 4.81. The zero-order valence-corrected chi connectivity index (χ0v) is 16.4. The number of hydrogen-bond acceptors (Lipinski definition) is 5. The largest absolute Gasteiger partial charge is 0.385 e. The van der Waals surface area contributed by atoms with Crippen molar-refractivity contribution in [2.24, 2.45) is 7.05 Å². The van der Waals surface area contributed by atoms with E-state index in [0.29, 0.717) is 27.4 Å². The maximum Gasteiger partial charge on any atom is 0.295 e. The van der Waals surface area contributed by atoms with Crippen molar-refractivity contribution < 1.29 is 9.63 Å². The fraction of sp³-hybridized carbons (Fsp3) is 0.158. The summed E-state index contributed by atoms with van der Waals surface area (Å²) in [4.78, 5) is 31.8. The molecule has 2 heterocycles. The normalized spacial score (nSPS) is 11.0. The SMILES string of the molecule is Cc1c(NC(=O)COn2nnc3ccc(Cl)cc32)c(=O)n(-c2ccccc2)n1C. The van der Waals surface area contributed by atoms with E-state index in [-0.39, 0.29) is 17.9 Å². The Morgan fingerprint density at radius 1 is 1.21 bits per heavy atom. The van der Waals surface area contributed by atoms with Crippen molar-refractivity contribution in [3.05, 3.63) is 69.6 Å². The number of halogens is 1. The molecule has 0 aliphatic heterocycles. The molecule has 0 unspecified atom stereocenters. The molecule has 29 heavy (non-hydrogen) atoms. The van der Waals surface area contributed by atoms with E-state index in [1.807, 2.05) is 30.3 Å². The van der Waals surface area contributed by atoms with Crippen molar-refractivity contribution in [1.29, 1.82) is 0 Å². The van der Waals surface area contributed by atoms with E-state index in [2.05, 4.69) is 15.6 Å². The van der Waals surface area contributed by atoms with Gasteiger partial charge in [-0.25, -0.2) is 4.68 Å². The molecule has 0 fully saturated rings. The zero-order chi connectivity index (χ0) is 20.5. The molecule has 0 saturated heterocycles. The van der Waals surface area contributed by atoms with Gasteiger partial charge in [-0.1, -0.05) is 34.6 Å². The molecule has 10 heteroatoms. The van der Waals surface area contributed by atoms with Crippen LogP contribution in [0.3, 0.4) is 0 Å². The highest BCUT2D eigenvalue weighted by Crippen LogP contribution is 2.16. The number of anilines is 1. The minimum absolute atomic E-state index is 0.191. The van der Waals surface area contributed by atoms with E-state index >= 15 is 0 Å². The number of carbonyl (C=O) groups excluding carboxylic acids is 1. The van der Waals surface area contributed by atoms with Gasteiger partial charge >= 0.3 is 0 Å². The van der Waals surface area contributed by atoms with Crippen molar-refractivity contribution in [3.8, 4) is 5.69 Å². The monoisotopic (exact) mass is 412 g/mol. The van der Waals surface area contributed by atoms with Crippen LogP contribution in [-0.4, -0.2) is 37.0 Å². The maximum atomic E-state index is 12.8. The average Bonchev–Trinajstić information content (AvgIpc) is 3.21. The summed E-state index contributed by atoms with van der Waals surface area (Å²) < 4.78 is 3.17. The third kappa shape index (κ3) is 3.47. The first-order chi connectivity index (χ1) is 14.0. The van der Waals surface area contributed by atoms with E-state index in [1.165, 1.54) is 4.68 Å². The van der Waals surface area contributed by atoms with Gasteiger partial charge in [0.25, 0.3) is 11.5 Å². The number of benzene rings is 2. The first-order valence-corrected chi connectivity index (χ1v) is 9.11. The highest BCUT2D eigenvalue weighted by molar-refractivity contribution is 6.31. The van der Waals surface area contributed by atoms with Crippen LogP contribution in [0.1, 0.15) is 5.69 Å². The van der Waals surface area contributed by atoms with Crippen LogP contribution in [0.5, 0.6) is 0 Å². The smallest absolute Gasteiger partial charge is 0.295 e. The average molecular weight is 413 g/mol. The van der Waals surface area contributed by atoms with Crippen LogP contribution in [0.15, 0.2) is 53.3 Å². The van der Waals surface area contributed by atoms with Gasteiger partial charge < -0.3 is 10.2 Å². The van der Waals surface area contributed by atoms with Gasteiger partial charge in [0.2, 0.25) is 0 Å². The molecule has 0 radical (unpaired) electrons. The Bertz CT molecular complexity index is 1260. The molecule has 1 amide bonds. The summed E-state index contributed by atoms with van der Waals surface area (Å²) in [6.07, 6.45) is 0. The van der Waals surface area contributed by atoms with Gasteiger partial charge in [0.05, 0.1) is 11.4 Å². The quantitative estimate of drug-likeness (QED) is 0.540. The third-order valence-corrected chi connectivity index (χ3v) is 4.75. The number of carbonyl (C=O) groups is 1. The molecule has 0 spiro atoms. The van der Waals surface area contributed by atoms with Gasteiger partial charge in [-0.15, -0.1) is 5.10 Å². The first-order valence-electron chi connectivity index (χ1n) is 8.74. The Morgan fingerprint density at radius 3 is 2.72 bits per heavy atom. The van der Waals surface area contributed by atoms with Crippen molar-refractivity contribution in [2.45, 2.75) is 6.92 Å². The van der Waals surface area contributed by atoms with Gasteiger partial charge in [0, 0.05) is 12.1 Å². The van der Waals surface area contributed by atoms with Crippen LogP contribution in [0.2, 0.25) is 5.02 Å². The van der Waals surface area contributed by atoms with E-state index in [4.69, 9.17) is 16.4 Å². The number of rotatable bonds is 5. The number of para-hydroxylation sites is 1. The van der Waals surface area contributed by atoms with E-state index in [9.17, 15) is 9.59 Å². The topological polar surface area (TPSA) is 96.0 Å². The van der Waals surface area contributed by atoms with Crippen LogP contribution in [-0.2, 0) is 11.8 Å². The number of hydrogen-bond donors (Lipinski definition) is 1. The number of aromatic nitrogens is 5. The molecule has 4 aromatic rings. The molecule has 148 valence electrons. The standard InChI is InChI=1S/C19H17ClN6O3/c1-12-18(19(28)25(24(12)2)14-6-4-3-5-7-14)21-17(27)11-29-26-16-10-13(20)8-9-15(16)22-23-26/h3-10H,11H2,1-2H3,(H,21,27). The molecule has 0 aliphatic carbocycles. The lowest BCUT2D eigenvalue weighted by Gasteiger charge is -2.07. The van der Waals surface area contributed by atoms with Crippen molar-refractivity contribution >= 4 is 34.2 Å². The summed E-state index contributed by atoms with van der Waals surface area (Å²) in [5.74, 6) is -0.498. The maximum absolute atomic E-state index is 12.8. The van der Waals surface area contributed by atoms with Gasteiger partial charge in [-0.3, -0.25) is 14.3 Å². The number of amides is 1. The van der Waals surface area contributed by atoms with Crippen LogP contribution >= 0.6 is 11.6 Å². The van der Waals surface area contributed by atoms with Gasteiger partial charge in [-0.2, -0.15) is 0 Å². The van der Waals surface area contributed by atoms with Crippen LogP contribution in [0, 0.1) is 6.92 Å². The predicted molar refractivity (Wildman–Crippen MR) is 108 cm³/mol. The van der Waals surface area contributed by atoms with Crippen LogP contribution in [0.25, 0.3) is 16.7 Å². The van der Waals surface area contributed by atoms with Gasteiger partial charge in [0.15, 0.2) is 6.61 Å². The minimum atomic E-state index is -0.498. The van der Waals surface area contributed by atoms with Crippen LogP contribution < -0.4 is 15.7 Å². The Balaban J connectivity index is 1.53. The van der Waals surface area contributed by atoms with Gasteiger partial charge in [-0.05, 0) is 42.5 Å². The van der Waals surface area contributed by atoms with E-state index in [0.717, 1.165) is 4.85 Å². The molecule has 0 bridgehead atoms. The third-order valence-electron chi connectivity index (χ3n) is 4.51. The summed E-state index contributed by atoms with van der Waals surface area (Å²) in [5, 5.41) is 10.9. The summed E-state index contributed by atoms with van der Waals surface area (Å²) in [6.45, 7) is 1.40.